The number of hydrogen-bond acceptors (Lipinski definition) is 4. The van der Waals surface area contributed by atoms with Gasteiger partial charge in [0.05, 0.1) is 23.8 Å². The summed E-state index contributed by atoms with van der Waals surface area (Å²) in [6.45, 7) is 3.77. The van der Waals surface area contributed by atoms with Crippen molar-refractivity contribution in [1.82, 2.24) is 9.80 Å². The molecule has 2 amide bonds. The van der Waals surface area contributed by atoms with E-state index in [4.69, 9.17) is 4.42 Å². The lowest BCUT2D eigenvalue weighted by Gasteiger charge is -2.31. The van der Waals surface area contributed by atoms with Gasteiger partial charge in [-0.2, -0.15) is 0 Å². The number of para-hydroxylation sites is 1. The molecular formula is C30H28BrFN2O4. The maximum atomic E-state index is 13.7. The van der Waals surface area contributed by atoms with Gasteiger partial charge < -0.3 is 14.2 Å². The molecule has 0 N–H and O–H groups in total. The lowest BCUT2D eigenvalue weighted by Crippen LogP contribution is -2.46. The van der Waals surface area contributed by atoms with Gasteiger partial charge in [0.25, 0.3) is 5.91 Å². The van der Waals surface area contributed by atoms with Crippen LogP contribution in [0.4, 0.5) is 4.39 Å². The Morgan fingerprint density at radius 1 is 1.00 bits per heavy atom. The fraction of sp³-hybridized carbons (Fsp3) is 0.233. The molecule has 3 aromatic carbocycles. The summed E-state index contributed by atoms with van der Waals surface area (Å²) in [6.07, 6.45) is 2.02. The third-order valence-electron chi connectivity index (χ3n) is 6.51. The summed E-state index contributed by atoms with van der Waals surface area (Å²) in [5.41, 5.74) is 1.70. The molecule has 1 heterocycles. The van der Waals surface area contributed by atoms with Gasteiger partial charge in [-0.05, 0) is 61.4 Å². The van der Waals surface area contributed by atoms with Crippen molar-refractivity contribution in [3.63, 3.8) is 0 Å². The van der Waals surface area contributed by atoms with Crippen LogP contribution < -0.4 is 5.43 Å². The Morgan fingerprint density at radius 2 is 1.74 bits per heavy atom. The van der Waals surface area contributed by atoms with Crippen molar-refractivity contribution >= 4 is 38.7 Å². The average Bonchev–Trinajstić information content (AvgIpc) is 2.93. The molecule has 0 saturated carbocycles. The average molecular weight is 579 g/mol. The Bertz CT molecular complexity index is 1500. The van der Waals surface area contributed by atoms with Gasteiger partial charge in [0.1, 0.15) is 17.9 Å². The normalized spacial score (nSPS) is 11.8. The molecule has 0 radical (unpaired) electrons. The maximum Gasteiger partial charge on any atom is 0.254 e. The van der Waals surface area contributed by atoms with Crippen LogP contribution in [-0.4, -0.2) is 34.2 Å². The number of benzene rings is 3. The molecule has 38 heavy (non-hydrogen) atoms. The molecule has 6 nitrogen and oxygen atoms in total. The third kappa shape index (κ3) is 6.37. The monoisotopic (exact) mass is 578 g/mol. The van der Waals surface area contributed by atoms with Crippen molar-refractivity contribution in [3.05, 3.63) is 116 Å². The van der Waals surface area contributed by atoms with E-state index in [1.54, 1.807) is 59.5 Å². The van der Waals surface area contributed by atoms with E-state index in [0.717, 1.165) is 4.47 Å². The Hall–Kier alpha value is -3.78. The van der Waals surface area contributed by atoms with Crippen LogP contribution in [-0.2, 0) is 17.9 Å². The molecule has 0 aliphatic carbocycles. The fourth-order valence-corrected chi connectivity index (χ4v) is 4.56. The largest absolute Gasteiger partial charge is 0.464 e. The van der Waals surface area contributed by atoms with Crippen LogP contribution in [0.1, 0.15) is 41.8 Å². The van der Waals surface area contributed by atoms with E-state index in [9.17, 15) is 18.8 Å². The minimum atomic E-state index is -0.385. The van der Waals surface area contributed by atoms with E-state index in [1.807, 2.05) is 19.9 Å². The van der Waals surface area contributed by atoms with Gasteiger partial charge in [-0.1, -0.05) is 53.2 Å². The number of fused-ring (bicyclic) bond motifs is 1. The standard InChI is InChI=1S/C30H28BrFN2O4/c1-3-20(2)34(30(37)22-7-6-8-24(31)15-22)18-28(35)33(16-21-11-13-25(32)14-12-21)17-23-19-38-27-10-5-4-9-26(27)29(23)36/h4-15,19-20H,3,16-18H2,1-2H3. The van der Waals surface area contributed by atoms with Crippen LogP contribution in [0.2, 0.25) is 0 Å². The van der Waals surface area contributed by atoms with Crippen molar-refractivity contribution in [3.8, 4) is 0 Å². The first kappa shape index (κ1) is 27.3. The highest BCUT2D eigenvalue weighted by atomic mass is 79.9. The van der Waals surface area contributed by atoms with Gasteiger partial charge in [-0.25, -0.2) is 4.39 Å². The zero-order valence-corrected chi connectivity index (χ0v) is 22.8. The Kier molecular flexibility index (Phi) is 8.73. The Morgan fingerprint density at radius 3 is 2.45 bits per heavy atom. The molecule has 0 aliphatic heterocycles. The van der Waals surface area contributed by atoms with Crippen molar-refractivity contribution < 1.29 is 18.4 Å². The molecule has 0 saturated heterocycles. The van der Waals surface area contributed by atoms with Crippen LogP contribution in [0.15, 0.2) is 92.7 Å². The third-order valence-corrected chi connectivity index (χ3v) is 7.01. The van der Waals surface area contributed by atoms with Crippen molar-refractivity contribution in [1.29, 1.82) is 0 Å². The maximum absolute atomic E-state index is 13.7. The molecule has 1 aromatic heterocycles. The summed E-state index contributed by atoms with van der Waals surface area (Å²) in [5.74, 6) is -0.990. The summed E-state index contributed by atoms with van der Waals surface area (Å²) in [5, 5.41) is 0.422. The van der Waals surface area contributed by atoms with E-state index in [2.05, 4.69) is 15.9 Å². The van der Waals surface area contributed by atoms with Crippen molar-refractivity contribution in [2.45, 2.75) is 39.4 Å². The number of hydrogen-bond donors (Lipinski definition) is 0. The van der Waals surface area contributed by atoms with Gasteiger partial charge >= 0.3 is 0 Å². The fourth-order valence-electron chi connectivity index (χ4n) is 4.16. The number of rotatable bonds is 9. The van der Waals surface area contributed by atoms with E-state index in [1.165, 1.54) is 23.3 Å². The molecule has 0 aliphatic rings. The highest BCUT2D eigenvalue weighted by Crippen LogP contribution is 2.18. The minimum Gasteiger partial charge on any atom is -0.464 e. The number of halogens is 2. The van der Waals surface area contributed by atoms with Crippen LogP contribution >= 0.6 is 15.9 Å². The predicted molar refractivity (Wildman–Crippen MR) is 148 cm³/mol. The van der Waals surface area contributed by atoms with Crippen LogP contribution in [0.25, 0.3) is 11.0 Å². The molecule has 0 bridgehead atoms. The summed E-state index contributed by atoms with van der Waals surface area (Å²) < 4.78 is 19.9. The minimum absolute atomic E-state index is 0.0250. The first-order valence-corrected chi connectivity index (χ1v) is 13.1. The first-order valence-electron chi connectivity index (χ1n) is 12.3. The van der Waals surface area contributed by atoms with E-state index < -0.39 is 0 Å². The van der Waals surface area contributed by atoms with Gasteiger partial charge in [-0.15, -0.1) is 0 Å². The molecule has 1 atom stereocenters. The summed E-state index contributed by atoms with van der Waals surface area (Å²) >= 11 is 3.40. The number of carbonyl (C=O) groups excluding carboxylic acids is 2. The van der Waals surface area contributed by atoms with Crippen LogP contribution in [0, 0.1) is 5.82 Å². The topological polar surface area (TPSA) is 70.8 Å². The zero-order chi connectivity index (χ0) is 27.2. The van der Waals surface area contributed by atoms with E-state index >= 15 is 0 Å². The Balaban J connectivity index is 1.66. The second-order valence-electron chi connectivity index (χ2n) is 9.16. The summed E-state index contributed by atoms with van der Waals surface area (Å²) in [7, 11) is 0. The molecule has 0 fully saturated rings. The lowest BCUT2D eigenvalue weighted by molar-refractivity contribution is -0.133. The first-order chi connectivity index (χ1) is 18.3. The van der Waals surface area contributed by atoms with E-state index in [-0.39, 0.29) is 48.7 Å². The second kappa shape index (κ2) is 12.2. The summed E-state index contributed by atoms with van der Waals surface area (Å²) in [6, 6.07) is 19.6. The molecule has 4 rings (SSSR count). The molecule has 8 heteroatoms. The number of amides is 2. The van der Waals surface area contributed by atoms with Gasteiger partial charge in [0.2, 0.25) is 5.91 Å². The van der Waals surface area contributed by atoms with Crippen LogP contribution in [0.5, 0.6) is 0 Å². The van der Waals surface area contributed by atoms with E-state index in [0.29, 0.717) is 34.1 Å². The van der Waals surface area contributed by atoms with Crippen LogP contribution in [0.3, 0.4) is 0 Å². The predicted octanol–water partition coefficient (Wildman–Crippen LogP) is 6.16. The molecule has 196 valence electrons. The number of nitrogens with zero attached hydrogens (tertiary/aromatic N) is 2. The molecule has 1 unspecified atom stereocenters. The van der Waals surface area contributed by atoms with Crippen molar-refractivity contribution in [2.24, 2.45) is 0 Å². The number of carbonyl (C=O) groups is 2. The SMILES string of the molecule is CCC(C)N(CC(=O)N(Cc1ccc(F)cc1)Cc1coc2ccccc2c1=O)C(=O)c1cccc(Br)c1. The highest BCUT2D eigenvalue weighted by molar-refractivity contribution is 9.10. The molecular weight excluding hydrogens is 551 g/mol. The van der Waals surface area contributed by atoms with Crippen molar-refractivity contribution in [2.75, 3.05) is 6.54 Å². The highest BCUT2D eigenvalue weighted by Gasteiger charge is 2.27. The quantitative estimate of drug-likeness (QED) is 0.238. The smallest absolute Gasteiger partial charge is 0.254 e. The van der Waals surface area contributed by atoms with Gasteiger partial charge in [0, 0.05) is 22.6 Å². The molecule has 0 spiro atoms. The second-order valence-corrected chi connectivity index (χ2v) is 10.1. The zero-order valence-electron chi connectivity index (χ0n) is 21.2. The summed E-state index contributed by atoms with van der Waals surface area (Å²) in [4.78, 5) is 43.4. The Labute approximate surface area is 228 Å². The van der Waals surface area contributed by atoms with Gasteiger partial charge in [-0.3, -0.25) is 14.4 Å². The van der Waals surface area contributed by atoms with Gasteiger partial charge in [0.15, 0.2) is 5.43 Å². The molecule has 4 aromatic rings. The lowest BCUT2D eigenvalue weighted by atomic mass is 10.1.